The van der Waals surface area contributed by atoms with Crippen LogP contribution in [0.5, 0.6) is 0 Å². The Morgan fingerprint density at radius 2 is 2.22 bits per heavy atom. The highest BCUT2D eigenvalue weighted by molar-refractivity contribution is 7.84. The fraction of sp³-hybridized carbons (Fsp3) is 0.818. The normalized spacial score (nSPS) is 22.6. The second kappa shape index (κ2) is 6.72. The molecule has 0 bridgehead atoms. The molecular formula is C11H20N2O4S. The number of carboxylic acid groups (broad SMARTS) is 1. The number of hydrogen-bond donors (Lipinski definition) is 2. The van der Waals surface area contributed by atoms with Crippen LogP contribution < -0.4 is 5.32 Å². The van der Waals surface area contributed by atoms with Gasteiger partial charge in [0.05, 0.1) is 5.92 Å². The SMILES string of the molecule is CC(CCS(C)=O)NC(=O)N1CCC(C(=O)O)C1. The van der Waals surface area contributed by atoms with Gasteiger partial charge < -0.3 is 15.3 Å². The summed E-state index contributed by atoms with van der Waals surface area (Å²) >= 11 is 0. The highest BCUT2D eigenvalue weighted by Gasteiger charge is 2.31. The fourth-order valence-corrected chi connectivity index (χ4v) is 2.55. The van der Waals surface area contributed by atoms with Crippen molar-refractivity contribution >= 4 is 22.8 Å². The molecule has 2 N–H and O–H groups in total. The van der Waals surface area contributed by atoms with Crippen LogP contribution in [0.1, 0.15) is 19.8 Å². The Hall–Kier alpha value is -1.11. The summed E-state index contributed by atoms with van der Waals surface area (Å²) in [4.78, 5) is 24.1. The summed E-state index contributed by atoms with van der Waals surface area (Å²) < 4.78 is 10.9. The van der Waals surface area contributed by atoms with E-state index in [-0.39, 0.29) is 18.6 Å². The van der Waals surface area contributed by atoms with E-state index in [4.69, 9.17) is 5.11 Å². The zero-order valence-electron chi connectivity index (χ0n) is 10.7. The van der Waals surface area contributed by atoms with E-state index in [0.29, 0.717) is 25.1 Å². The smallest absolute Gasteiger partial charge is 0.317 e. The van der Waals surface area contributed by atoms with Gasteiger partial charge in [-0.05, 0) is 19.8 Å². The lowest BCUT2D eigenvalue weighted by atomic mass is 10.1. The Balaban J connectivity index is 2.33. The van der Waals surface area contributed by atoms with Crippen LogP contribution in [0, 0.1) is 5.92 Å². The summed E-state index contributed by atoms with van der Waals surface area (Å²) in [6.07, 6.45) is 2.80. The van der Waals surface area contributed by atoms with Gasteiger partial charge in [0.15, 0.2) is 0 Å². The summed E-state index contributed by atoms with van der Waals surface area (Å²) in [5.74, 6) is -0.743. The summed E-state index contributed by atoms with van der Waals surface area (Å²) in [6.45, 7) is 2.61. The van der Waals surface area contributed by atoms with Crippen LogP contribution in [-0.4, -0.2) is 57.4 Å². The number of carboxylic acids is 1. The minimum atomic E-state index is -0.857. The van der Waals surface area contributed by atoms with Gasteiger partial charge in [0.25, 0.3) is 0 Å². The second-order valence-electron chi connectivity index (χ2n) is 4.69. The van der Waals surface area contributed by atoms with Crippen molar-refractivity contribution in [1.82, 2.24) is 10.2 Å². The van der Waals surface area contributed by atoms with Crippen LogP contribution in [0.3, 0.4) is 0 Å². The summed E-state index contributed by atoms with van der Waals surface area (Å²) in [5.41, 5.74) is 0. The average Bonchev–Trinajstić information content (AvgIpc) is 2.75. The van der Waals surface area contributed by atoms with Gasteiger partial charge in [-0.25, -0.2) is 4.79 Å². The predicted octanol–water partition coefficient (Wildman–Crippen LogP) is 0.260. The van der Waals surface area contributed by atoms with Crippen molar-refractivity contribution < 1.29 is 18.9 Å². The number of carbonyl (C=O) groups excluding carboxylic acids is 1. The third kappa shape index (κ3) is 4.64. The molecule has 1 aliphatic rings. The third-order valence-corrected chi connectivity index (χ3v) is 3.84. The van der Waals surface area contributed by atoms with E-state index in [1.165, 1.54) is 4.90 Å². The molecule has 104 valence electrons. The summed E-state index contributed by atoms with van der Waals surface area (Å²) in [6, 6.07) is -0.279. The van der Waals surface area contributed by atoms with E-state index in [2.05, 4.69) is 5.32 Å². The third-order valence-electron chi connectivity index (χ3n) is 3.03. The Morgan fingerprint density at radius 3 is 2.72 bits per heavy atom. The van der Waals surface area contributed by atoms with Gasteiger partial charge in [0, 0.05) is 41.9 Å². The number of aliphatic carboxylic acids is 1. The number of carbonyl (C=O) groups is 2. The van der Waals surface area contributed by atoms with Crippen LogP contribution in [-0.2, 0) is 15.6 Å². The molecule has 0 spiro atoms. The minimum absolute atomic E-state index is 0.0507. The highest BCUT2D eigenvalue weighted by atomic mass is 32.2. The van der Waals surface area contributed by atoms with Crippen LogP contribution in [0.15, 0.2) is 0 Å². The van der Waals surface area contributed by atoms with Crippen LogP contribution in [0.4, 0.5) is 4.79 Å². The van der Waals surface area contributed by atoms with E-state index in [1.54, 1.807) is 6.26 Å². The number of urea groups is 1. The molecule has 2 amide bonds. The van der Waals surface area contributed by atoms with Crippen molar-refractivity contribution in [2.24, 2.45) is 5.92 Å². The van der Waals surface area contributed by atoms with Gasteiger partial charge in [0.2, 0.25) is 0 Å². The van der Waals surface area contributed by atoms with Gasteiger partial charge in [-0.15, -0.1) is 0 Å². The van der Waals surface area contributed by atoms with Crippen molar-refractivity contribution in [2.75, 3.05) is 25.1 Å². The monoisotopic (exact) mass is 276 g/mol. The molecule has 0 aromatic heterocycles. The first-order valence-electron chi connectivity index (χ1n) is 5.98. The Kier molecular flexibility index (Phi) is 5.58. The van der Waals surface area contributed by atoms with Crippen LogP contribution >= 0.6 is 0 Å². The van der Waals surface area contributed by atoms with Crippen LogP contribution in [0.25, 0.3) is 0 Å². The molecule has 3 atom stereocenters. The van der Waals surface area contributed by atoms with Gasteiger partial charge in [-0.3, -0.25) is 9.00 Å². The fourth-order valence-electron chi connectivity index (χ4n) is 1.86. The molecule has 1 rings (SSSR count). The molecule has 1 heterocycles. The number of amides is 2. The standard InChI is InChI=1S/C11H20N2O4S/c1-8(4-6-18(2)17)12-11(16)13-5-3-9(7-13)10(14)15/h8-9H,3-7H2,1-2H3,(H,12,16)(H,14,15). The first-order valence-corrected chi connectivity index (χ1v) is 7.71. The molecule has 18 heavy (non-hydrogen) atoms. The molecule has 1 aliphatic heterocycles. The number of hydrogen-bond acceptors (Lipinski definition) is 3. The molecule has 1 fully saturated rings. The predicted molar refractivity (Wildman–Crippen MR) is 68.9 cm³/mol. The Bertz CT molecular complexity index is 348. The van der Waals surface area contributed by atoms with Crippen molar-refractivity contribution in [1.29, 1.82) is 0 Å². The highest BCUT2D eigenvalue weighted by Crippen LogP contribution is 2.16. The Labute approximate surface area is 109 Å². The second-order valence-corrected chi connectivity index (χ2v) is 6.24. The zero-order valence-corrected chi connectivity index (χ0v) is 11.5. The average molecular weight is 276 g/mol. The molecule has 3 unspecified atom stereocenters. The van der Waals surface area contributed by atoms with Crippen molar-refractivity contribution in [3.63, 3.8) is 0 Å². The van der Waals surface area contributed by atoms with Crippen molar-refractivity contribution in [2.45, 2.75) is 25.8 Å². The minimum Gasteiger partial charge on any atom is -0.481 e. The molecule has 1 saturated heterocycles. The number of nitrogens with one attached hydrogen (secondary N) is 1. The number of rotatable bonds is 5. The zero-order chi connectivity index (χ0) is 13.7. The van der Waals surface area contributed by atoms with E-state index >= 15 is 0 Å². The quantitative estimate of drug-likeness (QED) is 0.754. The van der Waals surface area contributed by atoms with E-state index < -0.39 is 22.7 Å². The maximum Gasteiger partial charge on any atom is 0.317 e. The molecule has 0 aromatic carbocycles. The first-order chi connectivity index (χ1) is 8.40. The van der Waals surface area contributed by atoms with Crippen molar-refractivity contribution in [3.8, 4) is 0 Å². The maximum atomic E-state index is 11.8. The lowest BCUT2D eigenvalue weighted by Crippen LogP contribution is -2.43. The molecule has 6 nitrogen and oxygen atoms in total. The molecule has 0 aliphatic carbocycles. The largest absolute Gasteiger partial charge is 0.481 e. The van der Waals surface area contributed by atoms with Crippen LogP contribution in [0.2, 0.25) is 0 Å². The Morgan fingerprint density at radius 1 is 1.56 bits per heavy atom. The van der Waals surface area contributed by atoms with Gasteiger partial charge in [-0.1, -0.05) is 0 Å². The van der Waals surface area contributed by atoms with Crippen molar-refractivity contribution in [3.05, 3.63) is 0 Å². The summed E-state index contributed by atoms with van der Waals surface area (Å²) in [7, 11) is -0.857. The molecule has 7 heteroatoms. The molecule has 0 saturated carbocycles. The maximum absolute atomic E-state index is 11.8. The van der Waals surface area contributed by atoms with Gasteiger partial charge >= 0.3 is 12.0 Å². The topological polar surface area (TPSA) is 86.7 Å². The van der Waals surface area contributed by atoms with E-state index in [1.807, 2.05) is 6.92 Å². The molecule has 0 radical (unpaired) electrons. The van der Waals surface area contributed by atoms with Gasteiger partial charge in [-0.2, -0.15) is 0 Å². The molecule has 0 aromatic rings. The lowest BCUT2D eigenvalue weighted by Gasteiger charge is -2.20. The first kappa shape index (κ1) is 14.9. The van der Waals surface area contributed by atoms with Gasteiger partial charge in [0.1, 0.15) is 0 Å². The molecular weight excluding hydrogens is 256 g/mol. The number of nitrogens with zero attached hydrogens (tertiary/aromatic N) is 1. The number of likely N-dealkylation sites (tertiary alicyclic amines) is 1. The summed E-state index contributed by atoms with van der Waals surface area (Å²) in [5, 5.41) is 11.6. The van der Waals surface area contributed by atoms with E-state index in [9.17, 15) is 13.8 Å². The van der Waals surface area contributed by atoms with E-state index in [0.717, 1.165) is 0 Å². The lowest BCUT2D eigenvalue weighted by molar-refractivity contribution is -0.141.